The van der Waals surface area contributed by atoms with Crippen molar-refractivity contribution in [2.45, 2.75) is 63.1 Å². The van der Waals surface area contributed by atoms with Crippen LogP contribution in [0.2, 0.25) is 0 Å². The quantitative estimate of drug-likeness (QED) is 0.180. The molecule has 0 bridgehead atoms. The van der Waals surface area contributed by atoms with E-state index in [-0.39, 0.29) is 19.3 Å². The number of carbonyl (C=O) groups is 5. The van der Waals surface area contributed by atoms with Crippen LogP contribution >= 0.6 is 0 Å². The van der Waals surface area contributed by atoms with Crippen molar-refractivity contribution < 1.29 is 42.0 Å². The van der Waals surface area contributed by atoms with Gasteiger partial charge in [-0.05, 0) is 32.6 Å². The number of nitrogens with two attached hydrogens (primary N) is 2. The third kappa shape index (κ3) is 10.1. The summed E-state index contributed by atoms with van der Waals surface area (Å²) in [7, 11) is 0. The molecule has 0 unspecified atom stereocenters. The van der Waals surface area contributed by atoms with Gasteiger partial charge in [-0.25, -0.2) is 9.59 Å². The number of carbonyl (C=O) groups excluding carboxylic acids is 2. The first-order valence-electron chi connectivity index (χ1n) is 8.98. The fraction of sp³-hybridized carbons (Fsp3) is 0.667. The molecule has 12 nitrogen and oxygen atoms in total. The van der Waals surface area contributed by atoms with E-state index in [1.165, 1.54) is 6.92 Å². The van der Waals surface area contributed by atoms with Gasteiger partial charge in [-0.3, -0.25) is 14.4 Å². The van der Waals surface area contributed by atoms with Gasteiger partial charge < -0.3 is 37.4 Å². The second kappa shape index (κ2) is 11.8. The van der Waals surface area contributed by atoms with Crippen molar-refractivity contribution in [2.75, 3.05) is 0 Å². The van der Waals surface area contributed by atoms with E-state index in [1.54, 1.807) is 0 Å². The molecule has 27 heavy (non-hydrogen) atoms. The zero-order valence-electron chi connectivity index (χ0n) is 16.7. The average molecular weight is 392 g/mol. The molecule has 0 aromatic carbocycles. The van der Waals surface area contributed by atoms with Crippen molar-refractivity contribution >= 4 is 29.7 Å². The fourth-order valence-electron chi connectivity index (χ4n) is 1.85. The van der Waals surface area contributed by atoms with Gasteiger partial charge in [-0.1, -0.05) is 0 Å². The Kier molecular flexibility index (Phi) is 9.00. The van der Waals surface area contributed by atoms with Gasteiger partial charge in [-0.15, -0.1) is 0 Å². The van der Waals surface area contributed by atoms with Gasteiger partial charge in [0.25, 0.3) is 0 Å². The maximum Gasteiger partial charge on any atom is 0.326 e. The van der Waals surface area contributed by atoms with E-state index < -0.39 is 66.7 Å². The second-order valence-electron chi connectivity index (χ2n) is 5.74. The number of aliphatic carboxylic acids is 3. The summed E-state index contributed by atoms with van der Waals surface area (Å²) in [5, 5.41) is 31.0. The SMILES string of the molecule is [2H][C@](CCC(=O)N[C@@H](CCC[C@@]([2H])(N)C(=O)O)C(=O)O)(NC(=O)[C@H](C)N)C(=O)O. The Morgan fingerprint density at radius 1 is 0.926 bits per heavy atom. The van der Waals surface area contributed by atoms with Crippen LogP contribution in [0.5, 0.6) is 0 Å². The standard InChI is InChI=1S/C15H26N4O8/c1-7(16)12(21)19-10(15(26)27)5-6-11(20)18-9(14(24)25)4-2-3-8(17)13(22)23/h7-10H,2-6,16-17H2,1H3,(H,18,20)(H,19,21)(H,22,23)(H,24,25)(H,26,27)/t7-,8+,9-,10+/m0/s1/i8D,10D. The minimum absolute atomic E-state index is 0.0918. The highest BCUT2D eigenvalue weighted by molar-refractivity contribution is 5.87. The number of amides is 2. The molecule has 0 aliphatic heterocycles. The van der Waals surface area contributed by atoms with E-state index in [0.717, 1.165) is 0 Å². The lowest BCUT2D eigenvalue weighted by Gasteiger charge is -2.18. The largest absolute Gasteiger partial charge is 0.480 e. The van der Waals surface area contributed by atoms with Crippen LogP contribution in [0.4, 0.5) is 0 Å². The lowest BCUT2D eigenvalue weighted by molar-refractivity contribution is -0.143. The van der Waals surface area contributed by atoms with Crippen LogP contribution in [0.3, 0.4) is 0 Å². The molecule has 0 fully saturated rings. The van der Waals surface area contributed by atoms with E-state index in [1.807, 2.05) is 5.32 Å². The van der Waals surface area contributed by atoms with Crippen LogP contribution < -0.4 is 22.1 Å². The minimum atomic E-state index is -2.54. The first kappa shape index (κ1) is 20.6. The van der Waals surface area contributed by atoms with Gasteiger partial charge in [0.15, 0.2) is 0 Å². The molecule has 0 aliphatic carbocycles. The molecule has 9 N–H and O–H groups in total. The summed E-state index contributed by atoms with van der Waals surface area (Å²) >= 11 is 0. The molecule has 0 aromatic heterocycles. The summed E-state index contributed by atoms with van der Waals surface area (Å²) in [6.45, 7) is 1.28. The van der Waals surface area contributed by atoms with Crippen LogP contribution in [0.25, 0.3) is 0 Å². The van der Waals surface area contributed by atoms with Crippen molar-refractivity contribution in [2.24, 2.45) is 11.5 Å². The third-order valence-corrected chi connectivity index (χ3v) is 3.39. The predicted molar refractivity (Wildman–Crippen MR) is 91.5 cm³/mol. The zero-order valence-corrected chi connectivity index (χ0v) is 14.7. The van der Waals surface area contributed by atoms with Crippen LogP contribution in [0, 0.1) is 0 Å². The highest BCUT2D eigenvalue weighted by atomic mass is 16.4. The molecule has 0 saturated carbocycles. The predicted octanol–water partition coefficient (Wildman–Crippen LogP) is -2.17. The van der Waals surface area contributed by atoms with Gasteiger partial charge in [-0.2, -0.15) is 0 Å². The molecule has 0 aromatic rings. The molecule has 0 saturated heterocycles. The van der Waals surface area contributed by atoms with Gasteiger partial charge in [0.2, 0.25) is 11.8 Å². The van der Waals surface area contributed by atoms with Crippen molar-refractivity contribution in [1.29, 1.82) is 0 Å². The monoisotopic (exact) mass is 392 g/mol. The smallest absolute Gasteiger partial charge is 0.326 e. The zero-order chi connectivity index (χ0) is 23.0. The molecule has 2 amide bonds. The molecule has 0 spiro atoms. The summed E-state index contributed by atoms with van der Waals surface area (Å²) in [4.78, 5) is 56.8. The summed E-state index contributed by atoms with van der Waals surface area (Å²) < 4.78 is 15.2. The first-order valence-corrected chi connectivity index (χ1v) is 7.98. The number of carboxylic acid groups (broad SMARTS) is 3. The number of hydrogen-bond acceptors (Lipinski definition) is 7. The second-order valence-corrected chi connectivity index (χ2v) is 5.74. The van der Waals surface area contributed by atoms with Crippen molar-refractivity contribution in [3.05, 3.63) is 0 Å². The highest BCUT2D eigenvalue weighted by Crippen LogP contribution is 2.06. The van der Waals surface area contributed by atoms with Gasteiger partial charge in [0.05, 0.1) is 8.78 Å². The summed E-state index contributed by atoms with van der Waals surface area (Å²) in [5.41, 5.74) is 10.5. The molecule has 12 heteroatoms. The Hall–Kier alpha value is -2.73. The molecule has 0 aliphatic rings. The Labute approximate surface area is 158 Å². The number of hydrogen-bond donors (Lipinski definition) is 7. The Morgan fingerprint density at radius 3 is 1.96 bits per heavy atom. The molecular weight excluding hydrogens is 364 g/mol. The van der Waals surface area contributed by atoms with E-state index in [9.17, 15) is 24.0 Å². The van der Waals surface area contributed by atoms with Crippen LogP contribution in [-0.2, 0) is 24.0 Å². The van der Waals surface area contributed by atoms with Crippen LogP contribution in [0.15, 0.2) is 0 Å². The van der Waals surface area contributed by atoms with E-state index in [0.29, 0.717) is 0 Å². The van der Waals surface area contributed by atoms with Crippen molar-refractivity contribution in [3.63, 3.8) is 0 Å². The number of carboxylic acids is 3. The highest BCUT2D eigenvalue weighted by Gasteiger charge is 2.25. The van der Waals surface area contributed by atoms with Crippen LogP contribution in [0.1, 0.15) is 41.8 Å². The normalized spacial score (nSPS) is 18.5. The third-order valence-electron chi connectivity index (χ3n) is 3.39. The van der Waals surface area contributed by atoms with Crippen molar-refractivity contribution in [1.82, 2.24) is 10.6 Å². The van der Waals surface area contributed by atoms with E-state index >= 15 is 0 Å². The maximum absolute atomic E-state index is 12.0. The van der Waals surface area contributed by atoms with E-state index in [4.69, 9.17) is 29.5 Å². The molecule has 154 valence electrons. The average Bonchev–Trinajstić information content (AvgIpc) is 2.58. The molecule has 0 heterocycles. The topological polar surface area (TPSA) is 222 Å². The Morgan fingerprint density at radius 2 is 1.52 bits per heavy atom. The number of nitrogens with one attached hydrogen (secondary N) is 2. The van der Waals surface area contributed by atoms with Gasteiger partial charge in [0, 0.05) is 6.42 Å². The van der Waals surface area contributed by atoms with Gasteiger partial charge in [0.1, 0.15) is 18.1 Å². The Balaban J connectivity index is 4.83. The Bertz CT molecular complexity index is 658. The maximum atomic E-state index is 12.0. The van der Waals surface area contributed by atoms with E-state index in [2.05, 4.69) is 5.32 Å². The number of rotatable bonds is 13. The minimum Gasteiger partial charge on any atom is -0.480 e. The van der Waals surface area contributed by atoms with Crippen LogP contribution in [-0.4, -0.2) is 69.2 Å². The lowest BCUT2D eigenvalue weighted by atomic mass is 10.1. The van der Waals surface area contributed by atoms with Crippen molar-refractivity contribution in [3.8, 4) is 0 Å². The molecule has 0 radical (unpaired) electrons. The summed E-state index contributed by atoms with van der Waals surface area (Å²) in [5.74, 6) is -6.54. The fourth-order valence-corrected chi connectivity index (χ4v) is 1.85. The molecule has 0 rings (SSSR count). The molecular formula is C15H26N4O8. The van der Waals surface area contributed by atoms with Gasteiger partial charge >= 0.3 is 17.9 Å². The first-order chi connectivity index (χ1) is 13.1. The summed E-state index contributed by atoms with van der Waals surface area (Å²) in [6, 6.07) is -7.35. The lowest BCUT2D eigenvalue weighted by Crippen LogP contribution is -2.48. The summed E-state index contributed by atoms with van der Waals surface area (Å²) in [6.07, 6.45) is -1.92. The molecule has 4 atom stereocenters.